The van der Waals surface area contributed by atoms with Crippen LogP contribution in [-0.4, -0.2) is 60.8 Å². The van der Waals surface area contributed by atoms with Crippen LogP contribution in [0.15, 0.2) is 48.5 Å². The van der Waals surface area contributed by atoms with Crippen molar-refractivity contribution >= 4 is 39.2 Å². The number of carbonyl (C=O) groups excluding carboxylic acids is 1. The molecule has 0 radical (unpaired) electrons. The molecular formula is C26H30ClFN2O6S. The Balaban J connectivity index is 1.78. The van der Waals surface area contributed by atoms with Crippen molar-refractivity contribution in [2.75, 3.05) is 17.5 Å². The summed E-state index contributed by atoms with van der Waals surface area (Å²) in [6, 6.07) is 11.2. The Morgan fingerprint density at radius 1 is 1.19 bits per heavy atom. The predicted molar refractivity (Wildman–Crippen MR) is 137 cm³/mol. The molecule has 4 rings (SSSR count). The quantitative estimate of drug-likeness (QED) is 0.473. The molecule has 0 spiro atoms. The van der Waals surface area contributed by atoms with Crippen molar-refractivity contribution in [3.8, 4) is 0 Å². The van der Waals surface area contributed by atoms with Crippen LogP contribution in [0.5, 0.6) is 0 Å². The van der Waals surface area contributed by atoms with E-state index in [1.807, 2.05) is 13.8 Å². The number of halogens is 2. The van der Waals surface area contributed by atoms with Crippen LogP contribution in [0.2, 0.25) is 5.02 Å². The molecule has 1 aliphatic heterocycles. The van der Waals surface area contributed by atoms with Gasteiger partial charge in [0.25, 0.3) is 5.91 Å². The molecule has 3 atom stereocenters. The molecule has 2 fully saturated rings. The van der Waals surface area contributed by atoms with Crippen LogP contribution in [0, 0.1) is 11.7 Å². The van der Waals surface area contributed by atoms with E-state index < -0.39 is 57.6 Å². The third-order valence-corrected chi connectivity index (χ3v) is 9.32. The van der Waals surface area contributed by atoms with Gasteiger partial charge in [0.2, 0.25) is 10.0 Å². The second-order valence-corrected chi connectivity index (χ2v) is 12.3. The molecule has 1 aliphatic carbocycles. The number of aliphatic carboxylic acids is 1. The van der Waals surface area contributed by atoms with Gasteiger partial charge in [-0.05, 0) is 48.6 Å². The van der Waals surface area contributed by atoms with Crippen LogP contribution in [-0.2, 0) is 24.3 Å². The van der Waals surface area contributed by atoms with E-state index in [9.17, 15) is 27.5 Å². The highest BCUT2D eigenvalue weighted by Gasteiger charge is 2.46. The number of rotatable bonds is 10. The third-order valence-electron chi connectivity index (χ3n) is 6.79. The predicted octanol–water partition coefficient (Wildman–Crippen LogP) is 4.25. The summed E-state index contributed by atoms with van der Waals surface area (Å²) in [6.07, 6.45) is -0.761. The molecule has 2 aromatic rings. The zero-order valence-electron chi connectivity index (χ0n) is 20.6. The van der Waals surface area contributed by atoms with Gasteiger partial charge in [-0.1, -0.05) is 49.7 Å². The largest absolute Gasteiger partial charge is 0.481 e. The Labute approximate surface area is 221 Å². The summed E-state index contributed by atoms with van der Waals surface area (Å²) in [5, 5.41) is 9.23. The van der Waals surface area contributed by atoms with E-state index in [0.717, 1.165) is 4.31 Å². The third kappa shape index (κ3) is 5.91. The van der Waals surface area contributed by atoms with Crippen LogP contribution < -0.4 is 4.31 Å². The number of carboxylic acids is 1. The van der Waals surface area contributed by atoms with Crippen molar-refractivity contribution in [3.05, 3.63) is 64.9 Å². The van der Waals surface area contributed by atoms with Gasteiger partial charge >= 0.3 is 5.97 Å². The fourth-order valence-corrected chi connectivity index (χ4v) is 6.65. The summed E-state index contributed by atoms with van der Waals surface area (Å²) in [5.41, 5.74) is 0.630. The number of carbonyl (C=O) groups is 2. The lowest BCUT2D eigenvalue weighted by atomic mass is 9.94. The van der Waals surface area contributed by atoms with E-state index in [1.54, 1.807) is 30.3 Å². The second-order valence-electron chi connectivity index (χ2n) is 9.77. The van der Waals surface area contributed by atoms with Gasteiger partial charge in [0, 0.05) is 5.02 Å². The monoisotopic (exact) mass is 552 g/mol. The van der Waals surface area contributed by atoms with Gasteiger partial charge in [0.1, 0.15) is 11.9 Å². The summed E-state index contributed by atoms with van der Waals surface area (Å²) in [7, 11) is -3.90. The standard InChI is InChI=1S/C26H30ClFN2O6S/c1-16(2)22(14-29(37(34,35)19-11-12-19)21-6-4-3-5-20(21)28)30-23(17-7-9-18(27)10-8-17)15-36-24(26(30)33)13-25(31)32/h3-10,16,19,22-24H,11-15H2,1-2H3,(H,31,32)/t22?,23-,24+/m0/s1. The van der Waals surface area contributed by atoms with E-state index in [1.165, 1.54) is 23.1 Å². The highest BCUT2D eigenvalue weighted by Crippen LogP contribution is 2.38. The molecular weight excluding hydrogens is 523 g/mol. The fourth-order valence-electron chi connectivity index (χ4n) is 4.65. The number of carboxylic acid groups (broad SMARTS) is 1. The molecule has 1 heterocycles. The lowest BCUT2D eigenvalue weighted by Crippen LogP contribution is -2.59. The first-order valence-corrected chi connectivity index (χ1v) is 14.1. The minimum Gasteiger partial charge on any atom is -0.481 e. The number of ether oxygens (including phenoxy) is 1. The Morgan fingerprint density at radius 2 is 1.84 bits per heavy atom. The molecule has 1 saturated carbocycles. The Kier molecular flexibility index (Phi) is 8.11. The van der Waals surface area contributed by atoms with Crippen LogP contribution in [0.1, 0.15) is 44.7 Å². The smallest absolute Gasteiger partial charge is 0.306 e. The van der Waals surface area contributed by atoms with Gasteiger partial charge in [-0.2, -0.15) is 0 Å². The number of nitrogens with zero attached hydrogens (tertiary/aromatic N) is 2. The second kappa shape index (κ2) is 11.0. The van der Waals surface area contributed by atoms with Crippen molar-refractivity contribution < 1.29 is 32.2 Å². The highest BCUT2D eigenvalue weighted by molar-refractivity contribution is 7.93. The van der Waals surface area contributed by atoms with Crippen molar-refractivity contribution in [1.29, 1.82) is 0 Å². The van der Waals surface area contributed by atoms with Gasteiger partial charge in [-0.3, -0.25) is 13.9 Å². The summed E-state index contributed by atoms with van der Waals surface area (Å²) in [5.74, 6) is -2.68. The van der Waals surface area contributed by atoms with Crippen molar-refractivity contribution in [2.45, 2.75) is 56.5 Å². The maximum atomic E-state index is 14.9. The summed E-state index contributed by atoms with van der Waals surface area (Å²) >= 11 is 6.06. The normalized spacial score (nSPS) is 21.2. The van der Waals surface area contributed by atoms with Crippen LogP contribution in [0.25, 0.3) is 0 Å². The molecule has 8 nitrogen and oxygen atoms in total. The Bertz CT molecular complexity index is 1250. The molecule has 1 amide bonds. The molecule has 0 aromatic heterocycles. The summed E-state index contributed by atoms with van der Waals surface area (Å²) in [4.78, 5) is 26.7. The number of anilines is 1. The number of sulfonamides is 1. The first kappa shape index (κ1) is 27.3. The minimum absolute atomic E-state index is 0.0175. The van der Waals surface area contributed by atoms with E-state index >= 15 is 0 Å². The number of benzene rings is 2. The van der Waals surface area contributed by atoms with Crippen LogP contribution in [0.3, 0.4) is 0 Å². The van der Waals surface area contributed by atoms with E-state index in [2.05, 4.69) is 0 Å². The molecule has 1 N–H and O–H groups in total. The number of amides is 1. The Hall–Kier alpha value is -2.69. The van der Waals surface area contributed by atoms with Crippen molar-refractivity contribution in [1.82, 2.24) is 4.90 Å². The molecule has 2 aliphatic rings. The number of morpholine rings is 1. The average molecular weight is 553 g/mol. The zero-order chi connectivity index (χ0) is 26.9. The SMILES string of the molecule is CC(C)C(CN(c1ccccc1F)S(=O)(=O)C1CC1)N1C(=O)[C@@H](CC(=O)O)OC[C@H]1c1ccc(Cl)cc1. The highest BCUT2D eigenvalue weighted by atomic mass is 35.5. The van der Waals surface area contributed by atoms with Gasteiger partial charge < -0.3 is 14.7 Å². The lowest BCUT2D eigenvalue weighted by Gasteiger charge is -2.46. The van der Waals surface area contributed by atoms with Gasteiger partial charge in [0.15, 0.2) is 0 Å². The maximum Gasteiger partial charge on any atom is 0.306 e. The number of hydrogen-bond donors (Lipinski definition) is 1. The van der Waals surface area contributed by atoms with Crippen molar-refractivity contribution in [2.24, 2.45) is 5.92 Å². The van der Waals surface area contributed by atoms with Gasteiger partial charge in [0.05, 0.1) is 42.6 Å². The molecule has 0 bridgehead atoms. The van der Waals surface area contributed by atoms with Gasteiger partial charge in [-0.15, -0.1) is 0 Å². The Morgan fingerprint density at radius 3 is 2.41 bits per heavy atom. The first-order valence-electron chi connectivity index (χ1n) is 12.2. The fraction of sp³-hybridized carbons (Fsp3) is 0.462. The molecule has 2 aromatic carbocycles. The topological polar surface area (TPSA) is 104 Å². The first-order chi connectivity index (χ1) is 17.5. The number of hydrogen-bond acceptors (Lipinski definition) is 5. The van der Waals surface area contributed by atoms with Crippen molar-refractivity contribution in [3.63, 3.8) is 0 Å². The zero-order valence-corrected chi connectivity index (χ0v) is 22.2. The average Bonchev–Trinajstić information content (AvgIpc) is 3.69. The summed E-state index contributed by atoms with van der Waals surface area (Å²) < 4.78 is 48.7. The van der Waals surface area contributed by atoms with E-state index in [0.29, 0.717) is 23.4 Å². The molecule has 200 valence electrons. The molecule has 1 unspecified atom stereocenters. The lowest BCUT2D eigenvalue weighted by molar-refractivity contribution is -0.170. The molecule has 37 heavy (non-hydrogen) atoms. The molecule has 11 heteroatoms. The van der Waals surface area contributed by atoms with Crippen LogP contribution in [0.4, 0.5) is 10.1 Å². The maximum absolute atomic E-state index is 14.9. The van der Waals surface area contributed by atoms with E-state index in [-0.39, 0.29) is 24.8 Å². The van der Waals surface area contributed by atoms with E-state index in [4.69, 9.17) is 16.3 Å². The summed E-state index contributed by atoms with van der Waals surface area (Å²) in [6.45, 7) is 3.53. The van der Waals surface area contributed by atoms with Crippen LogP contribution >= 0.6 is 11.6 Å². The molecule has 1 saturated heterocycles. The number of para-hydroxylation sites is 1. The van der Waals surface area contributed by atoms with Gasteiger partial charge in [-0.25, -0.2) is 12.8 Å². The minimum atomic E-state index is -3.90.